The standard InChI is InChI=1S/C28H42N4O5/c1-19(30(2)28(36)37)26(34)29-25(22-6-4-3-5-7-22)27(35)32-17-14-21-13-16-31(18-24(21)32)15-12-20-8-10-23(33)11-9-20/h8-11,19,21-22,24-25,33H,3-7,12-18H2,1-2H3,(H,29,34)(H,36,37)/t19-,21?,24?,25-/m0/s1. The number of aromatic hydroxyl groups is 1. The Hall–Kier alpha value is -2.81. The fourth-order valence-electron chi connectivity index (χ4n) is 6.28. The number of nitrogens with one attached hydrogen (secondary N) is 1. The summed E-state index contributed by atoms with van der Waals surface area (Å²) in [6.07, 6.45) is 6.82. The van der Waals surface area contributed by atoms with Gasteiger partial charge in [-0.25, -0.2) is 4.79 Å². The van der Waals surface area contributed by atoms with Gasteiger partial charge in [0, 0.05) is 32.7 Å². The van der Waals surface area contributed by atoms with Gasteiger partial charge in [0.25, 0.3) is 0 Å². The van der Waals surface area contributed by atoms with Gasteiger partial charge in [-0.1, -0.05) is 31.4 Å². The first kappa shape index (κ1) is 27.2. The lowest BCUT2D eigenvalue weighted by Gasteiger charge is -2.41. The van der Waals surface area contributed by atoms with E-state index in [-0.39, 0.29) is 23.6 Å². The van der Waals surface area contributed by atoms with Crippen LogP contribution < -0.4 is 5.32 Å². The number of phenols is 1. The van der Waals surface area contributed by atoms with Crippen LogP contribution in [0.4, 0.5) is 4.79 Å². The van der Waals surface area contributed by atoms with Crippen molar-refractivity contribution in [2.45, 2.75) is 76.4 Å². The van der Waals surface area contributed by atoms with Crippen LogP contribution in [0, 0.1) is 11.8 Å². The van der Waals surface area contributed by atoms with Gasteiger partial charge in [-0.15, -0.1) is 0 Å². The Bertz CT molecular complexity index is 948. The van der Waals surface area contributed by atoms with Crippen molar-refractivity contribution in [3.05, 3.63) is 29.8 Å². The number of phenolic OH excluding ortho intramolecular Hbond substituents is 1. The highest BCUT2D eigenvalue weighted by molar-refractivity contribution is 5.91. The highest BCUT2D eigenvalue weighted by Crippen LogP contribution is 2.34. The minimum absolute atomic E-state index is 0.00156. The normalized spacial score (nSPS) is 24.2. The molecule has 3 fully saturated rings. The third kappa shape index (κ3) is 6.55. The van der Waals surface area contributed by atoms with Crippen LogP contribution in [-0.2, 0) is 16.0 Å². The Kier molecular flexibility index (Phi) is 8.95. The molecule has 2 unspecified atom stereocenters. The van der Waals surface area contributed by atoms with Crippen LogP contribution in [0.1, 0.15) is 57.4 Å². The topological polar surface area (TPSA) is 113 Å². The van der Waals surface area contributed by atoms with Crippen LogP contribution >= 0.6 is 0 Å². The number of benzene rings is 1. The number of nitrogens with zero attached hydrogens (tertiary/aromatic N) is 3. The summed E-state index contributed by atoms with van der Waals surface area (Å²) in [6.45, 7) is 5.02. The zero-order valence-corrected chi connectivity index (χ0v) is 22.1. The van der Waals surface area contributed by atoms with Crippen molar-refractivity contribution in [1.82, 2.24) is 20.0 Å². The largest absolute Gasteiger partial charge is 0.508 e. The monoisotopic (exact) mass is 514 g/mol. The van der Waals surface area contributed by atoms with Crippen molar-refractivity contribution in [3.8, 4) is 5.75 Å². The van der Waals surface area contributed by atoms with E-state index in [1.165, 1.54) is 12.6 Å². The van der Waals surface area contributed by atoms with E-state index >= 15 is 0 Å². The van der Waals surface area contributed by atoms with E-state index in [0.29, 0.717) is 12.5 Å². The second-order valence-electron chi connectivity index (χ2n) is 11.1. The molecular formula is C28H42N4O5. The molecule has 3 amide bonds. The van der Waals surface area contributed by atoms with E-state index in [4.69, 9.17) is 0 Å². The fourth-order valence-corrected chi connectivity index (χ4v) is 6.28. The molecule has 0 radical (unpaired) electrons. The molecule has 1 aromatic rings. The lowest BCUT2D eigenvalue weighted by molar-refractivity contribution is -0.141. The summed E-state index contributed by atoms with van der Waals surface area (Å²) < 4.78 is 0. The molecular weight excluding hydrogens is 472 g/mol. The minimum atomic E-state index is -1.17. The number of carbonyl (C=O) groups excluding carboxylic acids is 2. The van der Waals surface area contributed by atoms with Gasteiger partial charge in [0.2, 0.25) is 11.8 Å². The third-order valence-electron chi connectivity index (χ3n) is 8.83. The first-order valence-corrected chi connectivity index (χ1v) is 13.8. The number of hydrogen-bond donors (Lipinski definition) is 3. The van der Waals surface area contributed by atoms with Gasteiger partial charge >= 0.3 is 6.09 Å². The Morgan fingerprint density at radius 3 is 2.41 bits per heavy atom. The number of rotatable bonds is 8. The SMILES string of the molecule is C[C@@H](C(=O)N[C@H](C(=O)N1CCC2CCN(CCc3ccc(O)cc3)CC21)C1CCCCC1)N(C)C(=O)O. The number of likely N-dealkylation sites (N-methyl/N-ethyl adjacent to an activating group) is 1. The number of fused-ring (bicyclic) bond motifs is 1. The second kappa shape index (κ2) is 12.2. The average Bonchev–Trinajstić information content (AvgIpc) is 3.33. The van der Waals surface area contributed by atoms with E-state index in [0.717, 1.165) is 75.9 Å². The van der Waals surface area contributed by atoms with E-state index in [9.17, 15) is 24.6 Å². The van der Waals surface area contributed by atoms with Crippen molar-refractivity contribution < 1.29 is 24.6 Å². The van der Waals surface area contributed by atoms with Gasteiger partial charge < -0.3 is 25.3 Å². The summed E-state index contributed by atoms with van der Waals surface area (Å²) in [4.78, 5) is 43.8. The molecule has 2 saturated heterocycles. The maximum atomic E-state index is 14.0. The highest BCUT2D eigenvalue weighted by Gasteiger charge is 2.44. The van der Waals surface area contributed by atoms with Crippen LogP contribution in [-0.4, -0.2) is 94.2 Å². The molecule has 9 heteroatoms. The maximum Gasteiger partial charge on any atom is 0.407 e. The minimum Gasteiger partial charge on any atom is -0.508 e. The second-order valence-corrected chi connectivity index (χ2v) is 11.1. The molecule has 0 bridgehead atoms. The summed E-state index contributed by atoms with van der Waals surface area (Å²) >= 11 is 0. The smallest absolute Gasteiger partial charge is 0.407 e. The summed E-state index contributed by atoms with van der Waals surface area (Å²) in [7, 11) is 1.38. The first-order chi connectivity index (χ1) is 17.7. The van der Waals surface area contributed by atoms with Crippen molar-refractivity contribution in [1.29, 1.82) is 0 Å². The van der Waals surface area contributed by atoms with Gasteiger partial charge in [-0.2, -0.15) is 0 Å². The average molecular weight is 515 g/mol. The molecule has 1 aliphatic carbocycles. The molecule has 3 N–H and O–H groups in total. The number of amides is 3. The number of likely N-dealkylation sites (tertiary alicyclic amines) is 2. The highest BCUT2D eigenvalue weighted by atomic mass is 16.4. The molecule has 204 valence electrons. The van der Waals surface area contributed by atoms with Gasteiger partial charge in [0.1, 0.15) is 17.8 Å². The summed E-state index contributed by atoms with van der Waals surface area (Å²) in [6, 6.07) is 6.00. The van der Waals surface area contributed by atoms with Gasteiger partial charge in [0.15, 0.2) is 0 Å². The van der Waals surface area contributed by atoms with Crippen LogP contribution in [0.15, 0.2) is 24.3 Å². The van der Waals surface area contributed by atoms with Crippen LogP contribution in [0.2, 0.25) is 0 Å². The Morgan fingerprint density at radius 2 is 1.73 bits per heavy atom. The van der Waals surface area contributed by atoms with Crippen LogP contribution in [0.3, 0.4) is 0 Å². The predicted molar refractivity (Wildman–Crippen MR) is 140 cm³/mol. The van der Waals surface area contributed by atoms with Gasteiger partial charge in [-0.05, 0) is 75.1 Å². The third-order valence-corrected chi connectivity index (χ3v) is 8.83. The molecule has 1 aromatic carbocycles. The number of carbonyl (C=O) groups is 3. The molecule has 4 atom stereocenters. The molecule has 2 aliphatic heterocycles. The van der Waals surface area contributed by atoms with Gasteiger partial charge in [0.05, 0.1) is 0 Å². The number of carboxylic acid groups (broad SMARTS) is 1. The molecule has 9 nitrogen and oxygen atoms in total. The van der Waals surface area contributed by atoms with E-state index in [1.54, 1.807) is 19.1 Å². The molecule has 3 aliphatic rings. The molecule has 1 saturated carbocycles. The van der Waals surface area contributed by atoms with Crippen molar-refractivity contribution in [2.75, 3.05) is 33.2 Å². The fraction of sp³-hybridized carbons (Fsp3) is 0.679. The Labute approximate surface area is 219 Å². The van der Waals surface area contributed by atoms with E-state index in [1.807, 2.05) is 17.0 Å². The maximum absolute atomic E-state index is 14.0. The Morgan fingerprint density at radius 1 is 1.05 bits per heavy atom. The quantitative estimate of drug-likeness (QED) is 0.492. The summed E-state index contributed by atoms with van der Waals surface area (Å²) in [5.74, 6) is 0.421. The van der Waals surface area contributed by atoms with Crippen LogP contribution in [0.5, 0.6) is 5.75 Å². The Balaban J connectivity index is 1.43. The van der Waals surface area contributed by atoms with Crippen molar-refractivity contribution >= 4 is 17.9 Å². The predicted octanol–water partition coefficient (Wildman–Crippen LogP) is 2.92. The molecule has 0 aromatic heterocycles. The van der Waals surface area contributed by atoms with E-state index in [2.05, 4.69) is 10.2 Å². The number of piperidine rings is 1. The first-order valence-electron chi connectivity index (χ1n) is 13.8. The summed E-state index contributed by atoms with van der Waals surface area (Å²) in [5, 5.41) is 21.8. The zero-order valence-electron chi connectivity index (χ0n) is 22.1. The zero-order chi connectivity index (χ0) is 26.5. The van der Waals surface area contributed by atoms with Gasteiger partial charge in [-0.3, -0.25) is 14.5 Å². The van der Waals surface area contributed by atoms with Crippen molar-refractivity contribution in [3.63, 3.8) is 0 Å². The van der Waals surface area contributed by atoms with Crippen molar-refractivity contribution in [2.24, 2.45) is 11.8 Å². The van der Waals surface area contributed by atoms with Crippen LogP contribution in [0.25, 0.3) is 0 Å². The summed E-state index contributed by atoms with van der Waals surface area (Å²) in [5.41, 5.74) is 1.18. The van der Waals surface area contributed by atoms with E-state index < -0.39 is 24.1 Å². The molecule has 2 heterocycles. The number of hydrogen-bond acceptors (Lipinski definition) is 5. The molecule has 37 heavy (non-hydrogen) atoms. The molecule has 0 spiro atoms. The molecule has 4 rings (SSSR count). The lowest BCUT2D eigenvalue weighted by Crippen LogP contribution is -2.59. The lowest BCUT2D eigenvalue weighted by atomic mass is 9.83.